The maximum Gasteiger partial charge on any atom is 0.143 e. The van der Waals surface area contributed by atoms with Crippen LogP contribution in [0.15, 0.2) is 6.20 Å². The van der Waals surface area contributed by atoms with Crippen LogP contribution < -0.4 is 4.74 Å². The summed E-state index contributed by atoms with van der Waals surface area (Å²) in [6.07, 6.45) is 3.31. The van der Waals surface area contributed by atoms with Crippen molar-refractivity contribution in [2.45, 2.75) is 26.4 Å². The minimum atomic E-state index is 0.178. The van der Waals surface area contributed by atoms with Gasteiger partial charge in [-0.05, 0) is 19.8 Å². The average Bonchev–Trinajstić information content (AvgIpc) is 2.29. The summed E-state index contributed by atoms with van der Waals surface area (Å²) in [6.45, 7) is 2.61. The molecule has 0 bridgehead atoms. The Balaban J connectivity index is 3.07. The zero-order chi connectivity index (χ0) is 12.0. The van der Waals surface area contributed by atoms with Crippen LogP contribution in [0.4, 0.5) is 0 Å². The molecule has 0 saturated heterocycles. The quantitative estimate of drug-likeness (QED) is 0.796. The lowest BCUT2D eigenvalue weighted by molar-refractivity contribution is 0.183. The Hall–Kier alpha value is -1.13. The average molecular weight is 225 g/mol. The van der Waals surface area contributed by atoms with Crippen LogP contribution >= 0.6 is 0 Å². The van der Waals surface area contributed by atoms with Crippen molar-refractivity contribution in [3.05, 3.63) is 23.0 Å². The van der Waals surface area contributed by atoms with E-state index in [4.69, 9.17) is 14.6 Å². The van der Waals surface area contributed by atoms with Crippen LogP contribution in [-0.2, 0) is 17.8 Å². The third kappa shape index (κ3) is 2.93. The fraction of sp³-hybridized carbons (Fsp3) is 0.583. The number of pyridine rings is 1. The van der Waals surface area contributed by atoms with E-state index < -0.39 is 0 Å². The fourth-order valence-corrected chi connectivity index (χ4v) is 1.76. The second kappa shape index (κ2) is 6.45. The molecule has 1 aromatic heterocycles. The van der Waals surface area contributed by atoms with Gasteiger partial charge in [-0.3, -0.25) is 4.98 Å². The molecule has 4 nitrogen and oxygen atoms in total. The van der Waals surface area contributed by atoms with Crippen molar-refractivity contribution >= 4 is 0 Å². The molecule has 1 heterocycles. The van der Waals surface area contributed by atoms with Gasteiger partial charge >= 0.3 is 0 Å². The molecule has 1 aromatic rings. The molecule has 0 radical (unpaired) electrons. The Morgan fingerprint density at radius 2 is 2.12 bits per heavy atom. The molecule has 90 valence electrons. The van der Waals surface area contributed by atoms with Gasteiger partial charge in [0.15, 0.2) is 0 Å². The van der Waals surface area contributed by atoms with E-state index in [1.807, 2.05) is 13.1 Å². The standard InChI is InChI=1S/C12H19NO3/c1-9-12(16-3)11(5-4-6-14)10(7-13-9)8-15-2/h7,14H,4-6,8H2,1-3H3. The highest BCUT2D eigenvalue weighted by atomic mass is 16.5. The van der Waals surface area contributed by atoms with Gasteiger partial charge in [-0.1, -0.05) is 0 Å². The van der Waals surface area contributed by atoms with E-state index in [0.29, 0.717) is 6.61 Å². The van der Waals surface area contributed by atoms with Gasteiger partial charge in [-0.15, -0.1) is 0 Å². The Morgan fingerprint density at radius 1 is 1.38 bits per heavy atom. The highest BCUT2D eigenvalue weighted by Gasteiger charge is 2.12. The minimum absolute atomic E-state index is 0.178. The van der Waals surface area contributed by atoms with E-state index in [0.717, 1.165) is 35.4 Å². The molecular weight excluding hydrogens is 206 g/mol. The first-order valence-electron chi connectivity index (χ1n) is 5.35. The molecule has 1 rings (SSSR count). The van der Waals surface area contributed by atoms with Crippen molar-refractivity contribution in [2.75, 3.05) is 20.8 Å². The van der Waals surface area contributed by atoms with Gasteiger partial charge in [0, 0.05) is 31.0 Å². The predicted molar refractivity (Wildman–Crippen MR) is 61.6 cm³/mol. The number of hydrogen-bond acceptors (Lipinski definition) is 4. The number of aryl methyl sites for hydroxylation is 1. The molecule has 0 saturated carbocycles. The topological polar surface area (TPSA) is 51.6 Å². The SMILES string of the molecule is COCc1cnc(C)c(OC)c1CCCO. The van der Waals surface area contributed by atoms with Crippen LogP contribution in [0.1, 0.15) is 23.2 Å². The van der Waals surface area contributed by atoms with Crippen molar-refractivity contribution in [3.8, 4) is 5.75 Å². The third-order valence-electron chi connectivity index (χ3n) is 2.49. The molecule has 16 heavy (non-hydrogen) atoms. The van der Waals surface area contributed by atoms with Crippen LogP contribution in [-0.4, -0.2) is 30.9 Å². The van der Waals surface area contributed by atoms with Crippen molar-refractivity contribution in [1.29, 1.82) is 0 Å². The molecule has 0 spiro atoms. The first-order valence-corrected chi connectivity index (χ1v) is 5.35. The Labute approximate surface area is 96.2 Å². The van der Waals surface area contributed by atoms with Crippen molar-refractivity contribution in [2.24, 2.45) is 0 Å². The lowest BCUT2D eigenvalue weighted by Crippen LogP contribution is -2.04. The number of hydrogen-bond donors (Lipinski definition) is 1. The van der Waals surface area contributed by atoms with E-state index in [2.05, 4.69) is 4.98 Å². The summed E-state index contributed by atoms with van der Waals surface area (Å²) in [5.74, 6) is 0.808. The first kappa shape index (κ1) is 12.9. The van der Waals surface area contributed by atoms with Gasteiger partial charge in [0.05, 0.1) is 19.4 Å². The van der Waals surface area contributed by atoms with Gasteiger partial charge in [0.1, 0.15) is 5.75 Å². The number of methoxy groups -OCH3 is 2. The van der Waals surface area contributed by atoms with E-state index in [1.165, 1.54) is 0 Å². The number of aromatic nitrogens is 1. The molecule has 0 aromatic carbocycles. The maximum atomic E-state index is 8.89. The molecule has 0 aliphatic rings. The first-order chi connectivity index (χ1) is 7.74. The molecule has 4 heteroatoms. The Morgan fingerprint density at radius 3 is 2.69 bits per heavy atom. The van der Waals surface area contributed by atoms with Gasteiger partial charge in [-0.25, -0.2) is 0 Å². The highest BCUT2D eigenvalue weighted by Crippen LogP contribution is 2.26. The Kier molecular flexibility index (Phi) is 5.22. The van der Waals surface area contributed by atoms with Crippen LogP contribution in [0, 0.1) is 6.92 Å². The second-order valence-corrected chi connectivity index (χ2v) is 3.64. The smallest absolute Gasteiger partial charge is 0.143 e. The van der Waals surface area contributed by atoms with Gasteiger partial charge < -0.3 is 14.6 Å². The second-order valence-electron chi connectivity index (χ2n) is 3.64. The van der Waals surface area contributed by atoms with E-state index in [1.54, 1.807) is 14.2 Å². The summed E-state index contributed by atoms with van der Waals surface area (Å²) in [5, 5.41) is 8.89. The number of rotatable bonds is 6. The van der Waals surface area contributed by atoms with Gasteiger partial charge in [-0.2, -0.15) is 0 Å². The predicted octanol–water partition coefficient (Wildman–Crippen LogP) is 1.47. The lowest BCUT2D eigenvalue weighted by Gasteiger charge is -2.14. The van der Waals surface area contributed by atoms with E-state index in [-0.39, 0.29) is 6.61 Å². The summed E-state index contributed by atoms with van der Waals surface area (Å²) in [7, 11) is 3.30. The Bertz CT molecular complexity index is 339. The van der Waals surface area contributed by atoms with Crippen molar-refractivity contribution in [1.82, 2.24) is 4.98 Å². The number of ether oxygens (including phenoxy) is 2. The number of aliphatic hydroxyl groups is 1. The molecule has 0 amide bonds. The van der Waals surface area contributed by atoms with Crippen LogP contribution in [0.5, 0.6) is 5.75 Å². The van der Waals surface area contributed by atoms with Crippen LogP contribution in [0.3, 0.4) is 0 Å². The monoisotopic (exact) mass is 225 g/mol. The summed E-state index contributed by atoms with van der Waals surface area (Å²) < 4.78 is 10.5. The molecule has 0 unspecified atom stereocenters. The van der Waals surface area contributed by atoms with Crippen LogP contribution in [0.2, 0.25) is 0 Å². The maximum absolute atomic E-state index is 8.89. The molecule has 0 aliphatic carbocycles. The van der Waals surface area contributed by atoms with Crippen molar-refractivity contribution < 1.29 is 14.6 Å². The molecule has 0 aliphatic heterocycles. The highest BCUT2D eigenvalue weighted by molar-refractivity contribution is 5.41. The number of nitrogens with zero attached hydrogens (tertiary/aromatic N) is 1. The molecular formula is C12H19NO3. The summed E-state index contributed by atoms with van der Waals surface area (Å²) in [4.78, 5) is 4.27. The lowest BCUT2D eigenvalue weighted by atomic mass is 10.0. The van der Waals surface area contributed by atoms with Crippen molar-refractivity contribution in [3.63, 3.8) is 0 Å². The normalized spacial score (nSPS) is 10.5. The summed E-state index contributed by atoms with van der Waals surface area (Å²) in [6, 6.07) is 0. The van der Waals surface area contributed by atoms with Gasteiger partial charge in [0.2, 0.25) is 0 Å². The zero-order valence-corrected chi connectivity index (χ0v) is 10.1. The molecule has 0 fully saturated rings. The van der Waals surface area contributed by atoms with E-state index >= 15 is 0 Å². The molecule has 1 N–H and O–H groups in total. The third-order valence-corrected chi connectivity index (χ3v) is 2.49. The molecule has 0 atom stereocenters. The van der Waals surface area contributed by atoms with Gasteiger partial charge in [0.25, 0.3) is 0 Å². The minimum Gasteiger partial charge on any atom is -0.495 e. The summed E-state index contributed by atoms with van der Waals surface area (Å²) in [5.41, 5.74) is 2.99. The fourth-order valence-electron chi connectivity index (χ4n) is 1.76. The van der Waals surface area contributed by atoms with E-state index in [9.17, 15) is 0 Å². The zero-order valence-electron chi connectivity index (χ0n) is 10.1. The number of aliphatic hydroxyl groups excluding tert-OH is 1. The van der Waals surface area contributed by atoms with Crippen LogP contribution in [0.25, 0.3) is 0 Å². The summed E-state index contributed by atoms with van der Waals surface area (Å²) >= 11 is 0. The largest absolute Gasteiger partial charge is 0.495 e.